The Bertz CT molecular complexity index is 642. The molecule has 0 aromatic heterocycles. The predicted molar refractivity (Wildman–Crippen MR) is 129 cm³/mol. The molecular weight excluding hydrogens is 476 g/mol. The van der Waals surface area contributed by atoms with E-state index < -0.39 is 61.0 Å². The highest BCUT2D eigenvalue weighted by atomic mass is 16.7. The molecule has 0 aromatic rings. The molecule has 2 aliphatic heterocycles. The van der Waals surface area contributed by atoms with Crippen LogP contribution in [0.5, 0.6) is 0 Å². The summed E-state index contributed by atoms with van der Waals surface area (Å²) in [4.78, 5) is 13.1. The van der Waals surface area contributed by atoms with Gasteiger partial charge in [-0.25, -0.2) is 0 Å². The number of ether oxygens (including phenoxy) is 3. The molecule has 0 unspecified atom stereocenters. The van der Waals surface area contributed by atoms with Gasteiger partial charge in [-0.05, 0) is 45.7 Å². The van der Waals surface area contributed by atoms with Crippen molar-refractivity contribution in [3.63, 3.8) is 0 Å². The van der Waals surface area contributed by atoms with Crippen LogP contribution in [0.15, 0.2) is 0 Å². The zero-order chi connectivity index (χ0) is 26.8. The van der Waals surface area contributed by atoms with Crippen molar-refractivity contribution in [1.29, 1.82) is 0 Å². The van der Waals surface area contributed by atoms with Crippen molar-refractivity contribution in [2.24, 2.45) is 11.7 Å². The zero-order valence-corrected chi connectivity index (χ0v) is 21.4. The fraction of sp³-hybridized carbons (Fsp3) is 0.958. The van der Waals surface area contributed by atoms with Gasteiger partial charge in [0.1, 0.15) is 24.4 Å². The monoisotopic (exact) mass is 522 g/mol. The maximum Gasteiger partial charge on any atom is 0.217 e. The first kappa shape index (κ1) is 31.3. The van der Waals surface area contributed by atoms with Crippen LogP contribution in [0.4, 0.5) is 0 Å². The first-order valence-electron chi connectivity index (χ1n) is 13.0. The number of carbonyl (C=O) groups is 1. The van der Waals surface area contributed by atoms with E-state index in [1.165, 1.54) is 0 Å². The fourth-order valence-corrected chi connectivity index (χ4v) is 4.75. The lowest BCUT2D eigenvalue weighted by molar-refractivity contribution is -0.288. The van der Waals surface area contributed by atoms with Crippen molar-refractivity contribution in [2.45, 2.75) is 107 Å². The van der Waals surface area contributed by atoms with Crippen molar-refractivity contribution < 1.29 is 49.6 Å². The number of amides is 1. The number of hydrogen-bond donors (Lipinski definition) is 7. The predicted octanol–water partition coefficient (Wildman–Crippen LogP) is -1.92. The highest BCUT2D eigenvalue weighted by molar-refractivity contribution is 5.73. The lowest BCUT2D eigenvalue weighted by Crippen LogP contribution is -2.56. The van der Waals surface area contributed by atoms with Crippen molar-refractivity contribution in [2.75, 3.05) is 32.8 Å². The summed E-state index contributed by atoms with van der Waals surface area (Å²) in [6.07, 6.45) is -4.82. The van der Waals surface area contributed by atoms with Gasteiger partial charge >= 0.3 is 0 Å². The number of rotatable bonds is 15. The van der Waals surface area contributed by atoms with Gasteiger partial charge in [-0.1, -0.05) is 13.3 Å². The summed E-state index contributed by atoms with van der Waals surface area (Å²) in [6, 6.07) is 0. The summed E-state index contributed by atoms with van der Waals surface area (Å²) in [6.45, 7) is 5.15. The summed E-state index contributed by atoms with van der Waals surface area (Å²) in [7, 11) is 0. The number of nitrogens with two attached hydrogens (primary N) is 1. The topological polar surface area (TPSA) is 195 Å². The molecule has 10 atom stereocenters. The van der Waals surface area contributed by atoms with Crippen LogP contribution in [-0.4, -0.2) is 129 Å². The van der Waals surface area contributed by atoms with Crippen molar-refractivity contribution in [1.82, 2.24) is 4.90 Å². The Labute approximate surface area is 212 Å². The first-order valence-corrected chi connectivity index (χ1v) is 13.0. The van der Waals surface area contributed by atoms with Crippen LogP contribution in [-0.2, 0) is 19.0 Å². The van der Waals surface area contributed by atoms with Crippen molar-refractivity contribution in [3.8, 4) is 0 Å². The molecule has 2 aliphatic rings. The Morgan fingerprint density at radius 1 is 0.833 bits per heavy atom. The lowest BCUT2D eigenvalue weighted by Gasteiger charge is -2.40. The fourth-order valence-electron chi connectivity index (χ4n) is 4.75. The third-order valence-corrected chi connectivity index (χ3v) is 7.24. The van der Waals surface area contributed by atoms with Crippen LogP contribution >= 0.6 is 0 Å². The van der Waals surface area contributed by atoms with E-state index in [0.29, 0.717) is 38.8 Å². The van der Waals surface area contributed by atoms with Crippen molar-refractivity contribution in [3.05, 3.63) is 0 Å². The van der Waals surface area contributed by atoms with Gasteiger partial charge in [-0.2, -0.15) is 0 Å². The minimum absolute atomic E-state index is 0.215. The average Bonchev–Trinajstić information content (AvgIpc) is 2.84. The quantitative estimate of drug-likeness (QED) is 0.118. The molecule has 2 heterocycles. The van der Waals surface area contributed by atoms with E-state index in [9.17, 15) is 35.4 Å². The second-order valence-corrected chi connectivity index (χ2v) is 10.0. The van der Waals surface area contributed by atoms with E-state index in [2.05, 4.69) is 4.90 Å². The van der Waals surface area contributed by atoms with Gasteiger partial charge in [0.25, 0.3) is 0 Å². The first-order chi connectivity index (χ1) is 17.1. The third-order valence-electron chi connectivity index (χ3n) is 7.24. The van der Waals surface area contributed by atoms with Gasteiger partial charge in [-0.15, -0.1) is 0 Å². The van der Waals surface area contributed by atoms with Crippen LogP contribution in [0.3, 0.4) is 0 Å². The van der Waals surface area contributed by atoms with Gasteiger partial charge < -0.3 is 55.5 Å². The van der Waals surface area contributed by atoms with E-state index in [1.807, 2.05) is 0 Å². The second-order valence-electron chi connectivity index (χ2n) is 10.0. The molecule has 2 fully saturated rings. The highest BCUT2D eigenvalue weighted by Gasteiger charge is 2.43. The molecule has 0 aromatic carbocycles. The molecule has 12 nitrogen and oxygen atoms in total. The molecule has 0 radical (unpaired) electrons. The molecule has 0 bridgehead atoms. The normalized spacial score (nSPS) is 37.4. The Kier molecular flexibility index (Phi) is 13.4. The largest absolute Gasteiger partial charge is 0.394 e. The minimum Gasteiger partial charge on any atom is -0.394 e. The molecule has 1 amide bonds. The van der Waals surface area contributed by atoms with Crippen LogP contribution in [0.25, 0.3) is 0 Å². The smallest absolute Gasteiger partial charge is 0.217 e. The molecular formula is C24H46N2O10. The van der Waals surface area contributed by atoms with Crippen molar-refractivity contribution >= 4 is 5.91 Å². The molecule has 12 heteroatoms. The van der Waals surface area contributed by atoms with Gasteiger partial charge in [0.05, 0.1) is 37.6 Å². The van der Waals surface area contributed by atoms with E-state index in [1.54, 1.807) is 13.8 Å². The molecule has 8 N–H and O–H groups in total. The summed E-state index contributed by atoms with van der Waals surface area (Å²) < 4.78 is 17.0. The summed E-state index contributed by atoms with van der Waals surface area (Å²) in [5.41, 5.74) is 5.20. The SMILES string of the molecule is C[C@H]1[C@H](O)[C@@H](O)[C@H](OCCN(CCCCCC(N)=O)CCC[C@@H]2O[C@@H](C)[C@@H](O)[C@@H](O)[C@@H]2O)O[C@@H]1CO. The molecule has 0 saturated carbocycles. The van der Waals surface area contributed by atoms with Gasteiger partial charge in [0.15, 0.2) is 6.29 Å². The Balaban J connectivity index is 1.84. The van der Waals surface area contributed by atoms with E-state index in [0.717, 1.165) is 19.4 Å². The molecule has 0 aliphatic carbocycles. The minimum atomic E-state index is -1.25. The summed E-state index contributed by atoms with van der Waals surface area (Å²) in [5, 5.41) is 60.1. The third kappa shape index (κ3) is 9.12. The van der Waals surface area contributed by atoms with Crippen LogP contribution in [0.1, 0.15) is 52.4 Å². The number of primary amides is 1. The van der Waals surface area contributed by atoms with E-state index in [-0.39, 0.29) is 19.1 Å². The highest BCUT2D eigenvalue weighted by Crippen LogP contribution is 2.27. The maximum absolute atomic E-state index is 11.0. The number of aliphatic hydroxyl groups excluding tert-OH is 6. The Morgan fingerprint density at radius 3 is 2.19 bits per heavy atom. The maximum atomic E-state index is 11.0. The molecule has 36 heavy (non-hydrogen) atoms. The number of nitrogens with zero attached hydrogens (tertiary/aromatic N) is 1. The number of hydrogen-bond acceptors (Lipinski definition) is 11. The molecule has 0 spiro atoms. The van der Waals surface area contributed by atoms with Gasteiger partial charge in [0.2, 0.25) is 5.91 Å². The van der Waals surface area contributed by atoms with Crippen LogP contribution < -0.4 is 5.73 Å². The van der Waals surface area contributed by atoms with E-state index >= 15 is 0 Å². The number of unbranched alkanes of at least 4 members (excludes halogenated alkanes) is 2. The Morgan fingerprint density at radius 2 is 1.53 bits per heavy atom. The molecule has 212 valence electrons. The summed E-state index contributed by atoms with van der Waals surface area (Å²) >= 11 is 0. The lowest BCUT2D eigenvalue weighted by atomic mass is 9.91. The molecule has 2 rings (SSSR count). The van der Waals surface area contributed by atoms with Crippen LogP contribution in [0, 0.1) is 5.92 Å². The standard InChI is InChI=1S/C24H46N2O10/c1-14-17(13-27)36-24(23(33)19(14)29)34-12-11-26(9-5-3-4-8-18(25)28)10-6-7-16-21(31)22(32)20(30)15(2)35-16/h14-17,19-24,27,29-33H,3-13H2,1-2H3,(H2,25,28)/t14-,15+,16+,17-,19+,20-,21-,22-,23-,24-/m1/s1. The van der Waals surface area contributed by atoms with Gasteiger partial charge in [-0.3, -0.25) is 4.79 Å². The zero-order valence-electron chi connectivity index (χ0n) is 21.4. The van der Waals surface area contributed by atoms with Gasteiger partial charge in [0, 0.05) is 18.9 Å². The average molecular weight is 523 g/mol. The molecule has 2 saturated heterocycles. The van der Waals surface area contributed by atoms with Crippen LogP contribution in [0.2, 0.25) is 0 Å². The number of aliphatic hydroxyl groups is 6. The number of carbonyl (C=O) groups excluding carboxylic acids is 1. The summed E-state index contributed by atoms with van der Waals surface area (Å²) in [5.74, 6) is -0.752. The Hall–Kier alpha value is -0.930. The van der Waals surface area contributed by atoms with E-state index in [4.69, 9.17) is 19.9 Å². The second kappa shape index (κ2) is 15.5.